The van der Waals surface area contributed by atoms with E-state index in [0.29, 0.717) is 24.3 Å². The minimum atomic E-state index is -0.432. The summed E-state index contributed by atoms with van der Waals surface area (Å²) in [7, 11) is 5.08. The number of nitrogens with zero attached hydrogens (tertiary/aromatic N) is 2. The predicted octanol–water partition coefficient (Wildman–Crippen LogP) is 2.87. The molecule has 142 valence electrons. The van der Waals surface area contributed by atoms with Crippen molar-refractivity contribution in [2.45, 2.75) is 18.9 Å². The van der Waals surface area contributed by atoms with E-state index in [1.807, 2.05) is 42.1 Å². The van der Waals surface area contributed by atoms with E-state index in [9.17, 15) is 4.79 Å². The highest BCUT2D eigenvalue weighted by molar-refractivity contribution is 5.77. The smallest absolute Gasteiger partial charge is 0.221 e. The molecule has 1 atom stereocenters. The number of rotatable bonds is 8. The van der Waals surface area contributed by atoms with Gasteiger partial charge in [-0.2, -0.15) is 0 Å². The summed E-state index contributed by atoms with van der Waals surface area (Å²) in [6.45, 7) is 0. The minimum absolute atomic E-state index is 0.0961. The summed E-state index contributed by atoms with van der Waals surface area (Å²) in [6.07, 6.45) is 6.00. The number of carbonyl (C=O) groups excluding carboxylic acids is 1. The Morgan fingerprint density at radius 2 is 2.00 bits per heavy atom. The van der Waals surface area contributed by atoms with E-state index in [1.54, 1.807) is 32.7 Å². The number of aromatic nitrogens is 2. The van der Waals surface area contributed by atoms with Crippen LogP contribution in [-0.4, -0.2) is 29.7 Å². The van der Waals surface area contributed by atoms with Crippen molar-refractivity contribution in [1.29, 1.82) is 0 Å². The van der Waals surface area contributed by atoms with Gasteiger partial charge in [-0.05, 0) is 29.8 Å². The molecule has 0 saturated carbocycles. The summed E-state index contributed by atoms with van der Waals surface area (Å²) in [4.78, 5) is 17.0. The molecule has 3 aromatic rings. The van der Waals surface area contributed by atoms with Crippen LogP contribution in [0.1, 0.15) is 29.6 Å². The van der Waals surface area contributed by atoms with Crippen molar-refractivity contribution >= 4 is 5.91 Å². The average Bonchev–Trinajstić information content (AvgIpc) is 3.35. The maximum absolute atomic E-state index is 12.6. The number of carbonyl (C=O) groups is 1. The van der Waals surface area contributed by atoms with Gasteiger partial charge in [0.1, 0.15) is 29.1 Å². The molecule has 1 amide bonds. The van der Waals surface area contributed by atoms with Crippen molar-refractivity contribution in [1.82, 2.24) is 14.9 Å². The summed E-state index contributed by atoms with van der Waals surface area (Å²) >= 11 is 0. The van der Waals surface area contributed by atoms with E-state index in [-0.39, 0.29) is 5.91 Å². The molecular formula is C20H23N3O4. The van der Waals surface area contributed by atoms with E-state index in [2.05, 4.69) is 10.3 Å². The lowest BCUT2D eigenvalue weighted by Crippen LogP contribution is -2.31. The molecule has 2 aromatic heterocycles. The first kappa shape index (κ1) is 18.6. The number of methoxy groups -OCH3 is 2. The molecule has 0 spiro atoms. The quantitative estimate of drug-likeness (QED) is 0.661. The third-order valence-corrected chi connectivity index (χ3v) is 4.31. The predicted molar refractivity (Wildman–Crippen MR) is 99.8 cm³/mol. The number of hydrogen-bond donors (Lipinski definition) is 1. The van der Waals surface area contributed by atoms with E-state index in [0.717, 1.165) is 17.1 Å². The van der Waals surface area contributed by atoms with Gasteiger partial charge in [-0.3, -0.25) is 4.79 Å². The zero-order chi connectivity index (χ0) is 19.2. The molecule has 3 rings (SSSR count). The van der Waals surface area contributed by atoms with Crippen molar-refractivity contribution in [3.63, 3.8) is 0 Å². The fourth-order valence-electron chi connectivity index (χ4n) is 2.87. The molecule has 1 N–H and O–H groups in total. The summed E-state index contributed by atoms with van der Waals surface area (Å²) in [5, 5.41) is 3.07. The second kappa shape index (κ2) is 8.44. The van der Waals surface area contributed by atoms with Crippen LogP contribution in [0.25, 0.3) is 0 Å². The van der Waals surface area contributed by atoms with Gasteiger partial charge in [-0.15, -0.1) is 0 Å². The number of ether oxygens (including phenoxy) is 2. The highest BCUT2D eigenvalue weighted by Gasteiger charge is 2.22. The van der Waals surface area contributed by atoms with Crippen LogP contribution < -0.4 is 14.8 Å². The van der Waals surface area contributed by atoms with Crippen LogP contribution >= 0.6 is 0 Å². The van der Waals surface area contributed by atoms with Gasteiger partial charge in [0.15, 0.2) is 0 Å². The van der Waals surface area contributed by atoms with Gasteiger partial charge in [-0.25, -0.2) is 4.98 Å². The van der Waals surface area contributed by atoms with Crippen LogP contribution in [0.2, 0.25) is 0 Å². The van der Waals surface area contributed by atoms with E-state index in [1.165, 1.54) is 0 Å². The molecule has 27 heavy (non-hydrogen) atoms. The lowest BCUT2D eigenvalue weighted by Gasteiger charge is -2.20. The zero-order valence-corrected chi connectivity index (χ0v) is 15.6. The number of furan rings is 1. The molecular weight excluding hydrogens is 346 g/mol. The molecule has 0 fully saturated rings. The number of nitrogens with one attached hydrogen (secondary N) is 1. The molecule has 0 aliphatic rings. The van der Waals surface area contributed by atoms with E-state index in [4.69, 9.17) is 13.9 Å². The molecule has 2 heterocycles. The summed E-state index contributed by atoms with van der Waals surface area (Å²) in [6, 6.07) is 8.77. The molecule has 0 saturated heterocycles. The number of imidazole rings is 1. The SMILES string of the molecule is COc1cc(OC)cc(C(NC(=O)CCc2ccco2)c2nccn2C)c1. The third kappa shape index (κ3) is 4.49. The standard InChI is InChI=1S/C20H23N3O4/c1-23-9-8-21-20(23)19(14-11-16(25-2)13-17(12-14)26-3)22-18(24)7-6-15-5-4-10-27-15/h4-5,8-13,19H,6-7H2,1-3H3,(H,22,24). The maximum atomic E-state index is 12.6. The Balaban J connectivity index is 1.86. The van der Waals surface area contributed by atoms with Crippen LogP contribution in [0, 0.1) is 0 Å². The highest BCUT2D eigenvalue weighted by Crippen LogP contribution is 2.29. The molecule has 0 radical (unpaired) electrons. The first-order valence-corrected chi connectivity index (χ1v) is 8.62. The molecule has 1 unspecified atom stereocenters. The van der Waals surface area contributed by atoms with Crippen molar-refractivity contribution in [3.05, 3.63) is 66.1 Å². The Morgan fingerprint density at radius 3 is 2.56 bits per heavy atom. The van der Waals surface area contributed by atoms with Gasteiger partial charge >= 0.3 is 0 Å². The molecule has 7 heteroatoms. The summed E-state index contributed by atoms with van der Waals surface area (Å²) in [5.74, 6) is 2.70. The first-order chi connectivity index (χ1) is 13.1. The van der Waals surface area contributed by atoms with Crippen molar-refractivity contribution < 1.29 is 18.7 Å². The Kier molecular flexibility index (Phi) is 5.80. The normalized spacial score (nSPS) is 11.8. The molecule has 0 aliphatic carbocycles. The van der Waals surface area contributed by atoms with Crippen molar-refractivity contribution in [2.24, 2.45) is 7.05 Å². The fraction of sp³-hybridized carbons (Fsp3) is 0.300. The van der Waals surface area contributed by atoms with Gasteiger partial charge in [0, 0.05) is 38.3 Å². The lowest BCUT2D eigenvalue weighted by atomic mass is 10.0. The van der Waals surface area contributed by atoms with Gasteiger partial charge < -0.3 is 23.8 Å². The van der Waals surface area contributed by atoms with Crippen molar-refractivity contribution in [2.75, 3.05) is 14.2 Å². The topological polar surface area (TPSA) is 78.5 Å². The minimum Gasteiger partial charge on any atom is -0.497 e. The van der Waals surface area contributed by atoms with Crippen LogP contribution in [-0.2, 0) is 18.3 Å². The monoisotopic (exact) mass is 369 g/mol. The maximum Gasteiger partial charge on any atom is 0.221 e. The van der Waals surface area contributed by atoms with Crippen LogP contribution in [0.4, 0.5) is 0 Å². The van der Waals surface area contributed by atoms with Gasteiger partial charge in [-0.1, -0.05) is 0 Å². The summed E-state index contributed by atoms with van der Waals surface area (Å²) < 4.78 is 17.9. The Bertz CT molecular complexity index is 864. The molecule has 7 nitrogen and oxygen atoms in total. The number of amides is 1. The molecule has 0 aliphatic heterocycles. The lowest BCUT2D eigenvalue weighted by molar-refractivity contribution is -0.121. The average molecular weight is 369 g/mol. The Hall–Kier alpha value is -3.22. The van der Waals surface area contributed by atoms with Crippen LogP contribution in [0.15, 0.2) is 53.4 Å². The fourth-order valence-corrected chi connectivity index (χ4v) is 2.87. The van der Waals surface area contributed by atoms with Gasteiger partial charge in [0.05, 0.1) is 20.5 Å². The number of benzene rings is 1. The zero-order valence-electron chi connectivity index (χ0n) is 15.6. The highest BCUT2D eigenvalue weighted by atomic mass is 16.5. The van der Waals surface area contributed by atoms with Crippen LogP contribution in [0.5, 0.6) is 11.5 Å². The van der Waals surface area contributed by atoms with E-state index >= 15 is 0 Å². The molecule has 0 bridgehead atoms. The second-order valence-corrected chi connectivity index (χ2v) is 6.12. The Morgan fingerprint density at radius 1 is 1.26 bits per heavy atom. The van der Waals surface area contributed by atoms with Gasteiger partial charge in [0.25, 0.3) is 0 Å². The summed E-state index contributed by atoms with van der Waals surface area (Å²) in [5.41, 5.74) is 0.826. The van der Waals surface area contributed by atoms with Crippen molar-refractivity contribution in [3.8, 4) is 11.5 Å². The number of hydrogen-bond acceptors (Lipinski definition) is 5. The second-order valence-electron chi connectivity index (χ2n) is 6.12. The number of aryl methyl sites for hydroxylation is 2. The first-order valence-electron chi connectivity index (χ1n) is 8.62. The Labute approximate surface area is 157 Å². The van der Waals surface area contributed by atoms with Crippen LogP contribution in [0.3, 0.4) is 0 Å². The van der Waals surface area contributed by atoms with Gasteiger partial charge in [0.2, 0.25) is 5.91 Å². The molecule has 1 aromatic carbocycles. The van der Waals surface area contributed by atoms with E-state index < -0.39 is 6.04 Å². The largest absolute Gasteiger partial charge is 0.497 e. The third-order valence-electron chi connectivity index (χ3n) is 4.31.